The molecule has 1 atom stereocenters. The van der Waals surface area contributed by atoms with Crippen LogP contribution < -0.4 is 10.2 Å². The van der Waals surface area contributed by atoms with Crippen LogP contribution in [0.5, 0.6) is 11.5 Å². The van der Waals surface area contributed by atoms with E-state index in [0.717, 1.165) is 12.8 Å². The van der Waals surface area contributed by atoms with Crippen molar-refractivity contribution in [3.63, 3.8) is 0 Å². The van der Waals surface area contributed by atoms with Crippen LogP contribution in [0.25, 0.3) is 0 Å². The minimum absolute atomic E-state index is 0.0239. The van der Waals surface area contributed by atoms with Crippen LogP contribution in [0.15, 0.2) is 53.4 Å². The van der Waals surface area contributed by atoms with Gasteiger partial charge in [0.25, 0.3) is 5.91 Å². The molecule has 2 saturated heterocycles. The molecule has 2 aliphatic rings. The number of nitrogens with zero attached hydrogens (tertiary/aromatic N) is 1. The fourth-order valence-corrected chi connectivity index (χ4v) is 5.56. The number of phenols is 1. The number of aromatic hydroxyl groups is 1. The minimum Gasteiger partial charge on any atom is -0.508 e. The molecule has 0 bridgehead atoms. The molecule has 178 valence electrons. The number of rotatable bonds is 7. The Morgan fingerprint density at radius 1 is 1.03 bits per heavy atom. The van der Waals surface area contributed by atoms with Crippen molar-refractivity contribution < 1.29 is 32.6 Å². The minimum atomic E-state index is -3.89. The molecule has 0 radical (unpaired) electrons. The number of benzene rings is 2. The summed E-state index contributed by atoms with van der Waals surface area (Å²) < 4.78 is 39.4. The molecule has 9 nitrogen and oxygen atoms in total. The van der Waals surface area contributed by atoms with Gasteiger partial charge >= 0.3 is 0 Å². The van der Waals surface area contributed by atoms with Crippen LogP contribution in [-0.2, 0) is 19.6 Å². The summed E-state index contributed by atoms with van der Waals surface area (Å²) >= 11 is 0. The first-order chi connectivity index (χ1) is 15.9. The standard InChI is InChI=1S/C23H28N2O7S/c26-17-8-10-18(11-9-17)31-19-12-14-25(15-13-19)33(28,29)21-6-2-1-5-20(21)23(27)24-32-22-7-3-4-16-30-22/h1-2,5-6,8-11,19,22,26H,3-4,7,12-16H2,(H,24,27). The van der Waals surface area contributed by atoms with E-state index in [1.54, 1.807) is 36.4 Å². The third-order valence-corrected chi connectivity index (χ3v) is 7.67. The van der Waals surface area contributed by atoms with Crippen molar-refractivity contribution in [2.75, 3.05) is 19.7 Å². The van der Waals surface area contributed by atoms with Crippen LogP contribution in [0.1, 0.15) is 42.5 Å². The van der Waals surface area contributed by atoms with E-state index in [1.165, 1.54) is 16.4 Å². The molecule has 0 saturated carbocycles. The van der Waals surface area contributed by atoms with E-state index in [1.807, 2.05) is 0 Å². The molecule has 10 heteroatoms. The normalized spacial score (nSPS) is 20.3. The molecule has 0 aliphatic carbocycles. The number of amides is 1. The van der Waals surface area contributed by atoms with Crippen LogP contribution in [-0.4, -0.2) is 55.8 Å². The molecule has 2 heterocycles. The molecule has 2 aliphatic heterocycles. The Morgan fingerprint density at radius 2 is 1.76 bits per heavy atom. The van der Waals surface area contributed by atoms with E-state index in [9.17, 15) is 18.3 Å². The van der Waals surface area contributed by atoms with Gasteiger partial charge in [0.05, 0.1) is 10.5 Å². The van der Waals surface area contributed by atoms with Crippen molar-refractivity contribution in [3.05, 3.63) is 54.1 Å². The van der Waals surface area contributed by atoms with Crippen molar-refractivity contribution in [3.8, 4) is 11.5 Å². The maximum absolute atomic E-state index is 13.3. The first-order valence-corrected chi connectivity index (χ1v) is 12.5. The topological polar surface area (TPSA) is 114 Å². The number of carbonyl (C=O) groups is 1. The largest absolute Gasteiger partial charge is 0.508 e. The molecular formula is C23H28N2O7S. The molecule has 0 aromatic heterocycles. The SMILES string of the molecule is O=C(NOC1CCCCO1)c1ccccc1S(=O)(=O)N1CCC(Oc2ccc(O)cc2)CC1. The third-order valence-electron chi connectivity index (χ3n) is 5.71. The van der Waals surface area contributed by atoms with Gasteiger partial charge in [0.1, 0.15) is 17.6 Å². The number of nitrogens with one attached hydrogen (secondary N) is 1. The molecule has 2 aromatic carbocycles. The van der Waals surface area contributed by atoms with Crippen LogP contribution in [0.3, 0.4) is 0 Å². The van der Waals surface area contributed by atoms with E-state index < -0.39 is 22.2 Å². The molecule has 4 rings (SSSR count). The van der Waals surface area contributed by atoms with Crippen molar-refractivity contribution in [2.45, 2.75) is 49.4 Å². The first-order valence-electron chi connectivity index (χ1n) is 11.1. The van der Waals surface area contributed by atoms with E-state index in [-0.39, 0.29) is 35.4 Å². The van der Waals surface area contributed by atoms with E-state index in [2.05, 4.69) is 5.48 Å². The highest BCUT2D eigenvalue weighted by atomic mass is 32.2. The van der Waals surface area contributed by atoms with Gasteiger partial charge in [-0.25, -0.2) is 18.7 Å². The lowest BCUT2D eigenvalue weighted by Gasteiger charge is -2.31. The lowest BCUT2D eigenvalue weighted by molar-refractivity contribution is -0.186. The second-order valence-electron chi connectivity index (χ2n) is 8.06. The second-order valence-corrected chi connectivity index (χ2v) is 9.96. The van der Waals surface area contributed by atoms with Gasteiger partial charge in [0.15, 0.2) is 6.29 Å². The summed E-state index contributed by atoms with van der Waals surface area (Å²) in [6.45, 7) is 1.11. The van der Waals surface area contributed by atoms with Gasteiger partial charge in [0.2, 0.25) is 10.0 Å². The Labute approximate surface area is 193 Å². The highest BCUT2D eigenvalue weighted by Crippen LogP contribution is 2.26. The van der Waals surface area contributed by atoms with Crippen molar-refractivity contribution in [1.82, 2.24) is 9.79 Å². The average molecular weight is 477 g/mol. The maximum Gasteiger partial charge on any atom is 0.276 e. The number of piperidine rings is 1. The number of hydroxylamine groups is 1. The second kappa shape index (κ2) is 10.5. The summed E-state index contributed by atoms with van der Waals surface area (Å²) in [6, 6.07) is 12.5. The maximum atomic E-state index is 13.3. The number of carbonyl (C=O) groups excluding carboxylic acids is 1. The van der Waals surface area contributed by atoms with Crippen LogP contribution in [0, 0.1) is 0 Å². The van der Waals surface area contributed by atoms with Crippen LogP contribution >= 0.6 is 0 Å². The monoisotopic (exact) mass is 476 g/mol. The zero-order valence-electron chi connectivity index (χ0n) is 18.2. The molecule has 33 heavy (non-hydrogen) atoms. The molecule has 0 spiro atoms. The zero-order valence-corrected chi connectivity index (χ0v) is 19.0. The lowest BCUT2D eigenvalue weighted by Crippen LogP contribution is -2.42. The van der Waals surface area contributed by atoms with E-state index >= 15 is 0 Å². The first kappa shape index (κ1) is 23.5. The van der Waals surface area contributed by atoms with Crippen LogP contribution in [0.4, 0.5) is 0 Å². The van der Waals surface area contributed by atoms with Gasteiger partial charge in [-0.15, -0.1) is 0 Å². The highest BCUT2D eigenvalue weighted by Gasteiger charge is 2.33. The molecule has 2 fully saturated rings. The van der Waals surface area contributed by atoms with Crippen LogP contribution in [0.2, 0.25) is 0 Å². The Hall–Kier alpha value is -2.66. The predicted octanol–water partition coefficient (Wildman–Crippen LogP) is 2.81. The number of phenolic OH excluding ortho intramolecular Hbond substituents is 1. The predicted molar refractivity (Wildman–Crippen MR) is 119 cm³/mol. The smallest absolute Gasteiger partial charge is 0.276 e. The molecule has 1 unspecified atom stereocenters. The van der Waals surface area contributed by atoms with Gasteiger partial charge < -0.3 is 14.6 Å². The number of sulfonamides is 1. The highest BCUT2D eigenvalue weighted by molar-refractivity contribution is 7.89. The summed E-state index contributed by atoms with van der Waals surface area (Å²) in [5.41, 5.74) is 2.36. The van der Waals surface area contributed by atoms with Crippen molar-refractivity contribution in [2.24, 2.45) is 0 Å². The summed E-state index contributed by atoms with van der Waals surface area (Å²) in [5, 5.41) is 9.39. The zero-order chi connectivity index (χ0) is 23.3. The van der Waals surface area contributed by atoms with E-state index in [4.69, 9.17) is 14.3 Å². The summed E-state index contributed by atoms with van der Waals surface area (Å²) in [4.78, 5) is 18.0. The summed E-state index contributed by atoms with van der Waals surface area (Å²) in [6.07, 6.45) is 2.92. The van der Waals surface area contributed by atoms with Crippen molar-refractivity contribution in [1.29, 1.82) is 0 Å². The number of ether oxygens (including phenoxy) is 2. The number of hydrogen-bond donors (Lipinski definition) is 2. The Morgan fingerprint density at radius 3 is 2.45 bits per heavy atom. The van der Waals surface area contributed by atoms with E-state index in [0.29, 0.717) is 31.6 Å². The molecular weight excluding hydrogens is 448 g/mol. The van der Waals surface area contributed by atoms with Gasteiger partial charge in [-0.1, -0.05) is 12.1 Å². The lowest BCUT2D eigenvalue weighted by atomic mass is 10.1. The Kier molecular flexibility index (Phi) is 7.49. The molecule has 1 amide bonds. The van der Waals surface area contributed by atoms with Crippen molar-refractivity contribution >= 4 is 15.9 Å². The van der Waals surface area contributed by atoms with Gasteiger partial charge in [-0.2, -0.15) is 4.31 Å². The quantitative estimate of drug-likeness (QED) is 0.591. The molecule has 2 N–H and O–H groups in total. The summed E-state index contributed by atoms with van der Waals surface area (Å²) in [7, 11) is -3.89. The van der Waals surface area contributed by atoms with Gasteiger partial charge in [-0.3, -0.25) is 4.79 Å². The average Bonchev–Trinajstić information content (AvgIpc) is 2.85. The van der Waals surface area contributed by atoms with Gasteiger partial charge in [0, 0.05) is 26.1 Å². The Bertz CT molecular complexity index is 1040. The fraction of sp³-hybridized carbons (Fsp3) is 0.435. The Balaban J connectivity index is 1.39. The number of hydrogen-bond acceptors (Lipinski definition) is 7. The fourth-order valence-electron chi connectivity index (χ4n) is 3.90. The third kappa shape index (κ3) is 5.83. The van der Waals surface area contributed by atoms with Gasteiger partial charge in [-0.05, 0) is 62.1 Å². The molecule has 2 aromatic rings. The summed E-state index contributed by atoms with van der Waals surface area (Å²) in [5.74, 6) is 0.148.